The van der Waals surface area contributed by atoms with E-state index in [4.69, 9.17) is 5.26 Å². The van der Waals surface area contributed by atoms with Gasteiger partial charge in [0.1, 0.15) is 5.82 Å². The third kappa shape index (κ3) is 4.08. The number of nitrogens with zero attached hydrogens (tertiary/aromatic N) is 3. The molecule has 0 amide bonds. The van der Waals surface area contributed by atoms with Gasteiger partial charge >= 0.3 is 0 Å². The molecule has 4 heteroatoms. The monoisotopic (exact) mass is 279 g/mol. The van der Waals surface area contributed by atoms with Gasteiger partial charge in [0.05, 0.1) is 24.1 Å². The Labute approximate surface area is 123 Å². The Balaban J connectivity index is 2.04. The van der Waals surface area contributed by atoms with Gasteiger partial charge in [-0.15, -0.1) is 0 Å². The highest BCUT2D eigenvalue weighted by atomic mass is 19.1. The molecule has 0 radical (unpaired) electrons. The van der Waals surface area contributed by atoms with Crippen LogP contribution in [0.2, 0.25) is 0 Å². The van der Waals surface area contributed by atoms with Crippen molar-refractivity contribution in [3.63, 3.8) is 0 Å². The molecule has 104 valence electrons. The minimum Gasteiger partial charge on any atom is -0.206 e. The first kappa shape index (κ1) is 14.6. The zero-order valence-corrected chi connectivity index (χ0v) is 11.6. The smallest absolute Gasteiger partial charge is 0.132 e. The van der Waals surface area contributed by atoms with Crippen LogP contribution in [0, 0.1) is 17.1 Å². The molecule has 0 bridgehead atoms. The normalized spacial score (nSPS) is 11.1. The highest BCUT2D eigenvalue weighted by Crippen LogP contribution is 2.09. The van der Waals surface area contributed by atoms with Crippen molar-refractivity contribution >= 4 is 12.4 Å². The van der Waals surface area contributed by atoms with Gasteiger partial charge in [0, 0.05) is 5.56 Å². The molecule has 2 aromatic carbocycles. The van der Waals surface area contributed by atoms with Crippen LogP contribution in [0.5, 0.6) is 0 Å². The molecular weight excluding hydrogens is 265 g/mol. The third-order valence-electron chi connectivity index (χ3n) is 2.98. The molecule has 0 saturated carbocycles. The SMILES string of the molecule is CCc1ccc(C=NN=Cc2ccc(C#N)cc2)c(F)c1. The first-order valence-electron chi connectivity index (χ1n) is 6.58. The van der Waals surface area contributed by atoms with Crippen LogP contribution in [0.3, 0.4) is 0 Å². The molecule has 0 aliphatic rings. The maximum Gasteiger partial charge on any atom is 0.132 e. The van der Waals surface area contributed by atoms with E-state index in [-0.39, 0.29) is 5.82 Å². The summed E-state index contributed by atoms with van der Waals surface area (Å²) in [5.41, 5.74) is 2.77. The maximum absolute atomic E-state index is 13.7. The quantitative estimate of drug-likeness (QED) is 0.621. The van der Waals surface area contributed by atoms with Crippen LogP contribution in [0.15, 0.2) is 52.7 Å². The molecule has 2 rings (SSSR count). The predicted octanol–water partition coefficient (Wildman–Crippen LogP) is 3.71. The molecule has 0 fully saturated rings. The lowest BCUT2D eigenvalue weighted by atomic mass is 10.1. The molecule has 0 saturated heterocycles. The maximum atomic E-state index is 13.7. The molecule has 0 heterocycles. The van der Waals surface area contributed by atoms with Crippen molar-refractivity contribution in [1.29, 1.82) is 5.26 Å². The highest BCUT2D eigenvalue weighted by Gasteiger charge is 1.99. The third-order valence-corrected chi connectivity index (χ3v) is 2.98. The Bertz CT molecular complexity index is 710. The number of halogens is 1. The largest absolute Gasteiger partial charge is 0.206 e. The Morgan fingerprint density at radius 2 is 1.81 bits per heavy atom. The van der Waals surface area contributed by atoms with Crippen LogP contribution in [0.1, 0.15) is 29.2 Å². The summed E-state index contributed by atoms with van der Waals surface area (Å²) in [5.74, 6) is -0.299. The van der Waals surface area contributed by atoms with Gasteiger partial charge in [0.25, 0.3) is 0 Å². The summed E-state index contributed by atoms with van der Waals surface area (Å²) in [6.45, 7) is 1.98. The first-order valence-corrected chi connectivity index (χ1v) is 6.58. The van der Waals surface area contributed by atoms with E-state index in [1.54, 1.807) is 36.5 Å². The molecule has 0 unspecified atom stereocenters. The molecule has 0 aliphatic carbocycles. The van der Waals surface area contributed by atoms with Crippen molar-refractivity contribution in [3.8, 4) is 6.07 Å². The van der Waals surface area contributed by atoms with Crippen molar-refractivity contribution in [2.75, 3.05) is 0 Å². The molecular formula is C17H14FN3. The predicted molar refractivity (Wildman–Crippen MR) is 82.1 cm³/mol. The Hall–Kier alpha value is -2.80. The summed E-state index contributed by atoms with van der Waals surface area (Å²) in [7, 11) is 0. The fourth-order valence-electron chi connectivity index (χ4n) is 1.73. The number of aryl methyl sites for hydroxylation is 1. The summed E-state index contributed by atoms with van der Waals surface area (Å²) >= 11 is 0. The van der Waals surface area contributed by atoms with E-state index in [1.807, 2.05) is 19.1 Å². The molecule has 2 aromatic rings. The van der Waals surface area contributed by atoms with Crippen LogP contribution < -0.4 is 0 Å². The lowest BCUT2D eigenvalue weighted by Gasteiger charge is -1.99. The van der Waals surface area contributed by atoms with Gasteiger partial charge in [0.2, 0.25) is 0 Å². The molecule has 3 nitrogen and oxygen atoms in total. The van der Waals surface area contributed by atoms with E-state index in [1.165, 1.54) is 12.3 Å². The summed E-state index contributed by atoms with van der Waals surface area (Å²) < 4.78 is 13.7. The van der Waals surface area contributed by atoms with Crippen LogP contribution in [0.4, 0.5) is 4.39 Å². The number of benzene rings is 2. The van der Waals surface area contributed by atoms with Crippen molar-refractivity contribution in [3.05, 3.63) is 70.5 Å². The topological polar surface area (TPSA) is 48.5 Å². The van der Waals surface area contributed by atoms with Crippen molar-refractivity contribution in [1.82, 2.24) is 0 Å². The van der Waals surface area contributed by atoms with Crippen molar-refractivity contribution in [2.45, 2.75) is 13.3 Å². The van der Waals surface area contributed by atoms with Gasteiger partial charge in [0.15, 0.2) is 0 Å². The van der Waals surface area contributed by atoms with E-state index in [0.717, 1.165) is 17.5 Å². The van der Waals surface area contributed by atoms with Crippen LogP contribution in [-0.2, 0) is 6.42 Å². The van der Waals surface area contributed by atoms with Crippen LogP contribution in [0.25, 0.3) is 0 Å². The van der Waals surface area contributed by atoms with E-state index >= 15 is 0 Å². The summed E-state index contributed by atoms with van der Waals surface area (Å²) in [6, 6.07) is 14.1. The fraction of sp³-hybridized carbons (Fsp3) is 0.118. The zero-order chi connectivity index (χ0) is 15.1. The highest BCUT2D eigenvalue weighted by molar-refractivity contribution is 5.83. The van der Waals surface area contributed by atoms with Gasteiger partial charge in [-0.1, -0.05) is 31.2 Å². The Morgan fingerprint density at radius 1 is 1.10 bits per heavy atom. The molecule has 0 aliphatic heterocycles. The standard InChI is InChI=1S/C17H14FN3/c1-2-13-7-8-16(17(18)9-13)12-21-20-11-15-5-3-14(10-19)4-6-15/h3-9,11-12H,2H2,1H3. The van der Waals surface area contributed by atoms with Gasteiger partial charge in [-0.05, 0) is 35.7 Å². The number of nitriles is 1. The Kier molecular flexibility index (Phi) is 4.94. The van der Waals surface area contributed by atoms with E-state index in [2.05, 4.69) is 10.2 Å². The number of hydrogen-bond acceptors (Lipinski definition) is 3. The lowest BCUT2D eigenvalue weighted by molar-refractivity contribution is 0.624. The molecule has 21 heavy (non-hydrogen) atoms. The molecule has 0 atom stereocenters. The zero-order valence-electron chi connectivity index (χ0n) is 11.6. The van der Waals surface area contributed by atoms with Gasteiger partial charge in [-0.2, -0.15) is 15.5 Å². The second-order valence-corrected chi connectivity index (χ2v) is 4.43. The fourth-order valence-corrected chi connectivity index (χ4v) is 1.73. The van der Waals surface area contributed by atoms with Crippen molar-refractivity contribution in [2.24, 2.45) is 10.2 Å². The van der Waals surface area contributed by atoms with E-state index < -0.39 is 0 Å². The van der Waals surface area contributed by atoms with Gasteiger partial charge in [-0.25, -0.2) is 4.39 Å². The molecule has 0 aromatic heterocycles. The number of hydrogen-bond donors (Lipinski definition) is 0. The summed E-state index contributed by atoms with van der Waals surface area (Å²) in [6.07, 6.45) is 3.73. The number of rotatable bonds is 4. The second kappa shape index (κ2) is 7.11. The second-order valence-electron chi connectivity index (χ2n) is 4.43. The van der Waals surface area contributed by atoms with E-state index in [9.17, 15) is 4.39 Å². The minimum absolute atomic E-state index is 0.299. The van der Waals surface area contributed by atoms with E-state index in [0.29, 0.717) is 11.1 Å². The summed E-state index contributed by atoms with van der Waals surface area (Å²) in [4.78, 5) is 0. The first-order chi connectivity index (χ1) is 10.2. The lowest BCUT2D eigenvalue weighted by Crippen LogP contribution is -1.90. The minimum atomic E-state index is -0.299. The average molecular weight is 279 g/mol. The van der Waals surface area contributed by atoms with Gasteiger partial charge in [-0.3, -0.25) is 0 Å². The van der Waals surface area contributed by atoms with Crippen molar-refractivity contribution < 1.29 is 4.39 Å². The molecule has 0 spiro atoms. The van der Waals surface area contributed by atoms with Gasteiger partial charge < -0.3 is 0 Å². The van der Waals surface area contributed by atoms with Crippen LogP contribution in [-0.4, -0.2) is 12.4 Å². The molecule has 0 N–H and O–H groups in total. The van der Waals surface area contributed by atoms with Crippen LogP contribution >= 0.6 is 0 Å². The average Bonchev–Trinajstić information content (AvgIpc) is 2.53. The Morgan fingerprint density at radius 3 is 2.43 bits per heavy atom. The summed E-state index contributed by atoms with van der Waals surface area (Å²) in [5, 5.41) is 16.4.